The van der Waals surface area contributed by atoms with Gasteiger partial charge in [0.2, 0.25) is 0 Å². The zero-order valence-corrected chi connectivity index (χ0v) is 43.8. The van der Waals surface area contributed by atoms with Crippen LogP contribution in [0.15, 0.2) is 200 Å². The van der Waals surface area contributed by atoms with E-state index in [9.17, 15) is 9.90 Å². The second-order valence-electron chi connectivity index (χ2n) is 18.8. The Hall–Kier alpha value is -6.41. The summed E-state index contributed by atoms with van der Waals surface area (Å²) in [5, 5.41) is 10.1. The van der Waals surface area contributed by atoms with Crippen LogP contribution in [-0.4, -0.2) is 15.9 Å². The maximum absolute atomic E-state index is 12.2. The number of carbonyl (C=O) groups is 1. The molecule has 0 saturated carbocycles. The zero-order chi connectivity index (χ0) is 48.3. The molecule has 0 aliphatic rings. The van der Waals surface area contributed by atoms with Crippen molar-refractivity contribution >= 4 is 5.78 Å². The van der Waals surface area contributed by atoms with Gasteiger partial charge in [-0.3, -0.25) is 4.79 Å². The number of nitrogens with zero attached hydrogens (tertiary/aromatic N) is 1. The maximum Gasteiger partial charge on any atom is 0.164 e. The second-order valence-corrected chi connectivity index (χ2v) is 18.8. The molecule has 0 unspecified atom stereocenters. The van der Waals surface area contributed by atoms with Crippen molar-refractivity contribution in [2.24, 2.45) is 10.8 Å². The SMILES string of the molecule is CC(C)c1c[c-]c(-c2ccc(-c3cc(-c4ccccc4)cc(-c4ccccc4)c3)cn2)cc1-c1cc(-c2ccccc2)cc(-c2ccccc2)c1.CCC(C)(CC)C(=O)/C=C(\O)C(C)(CC)CC.[Pt]. The van der Waals surface area contributed by atoms with Crippen LogP contribution in [0.25, 0.3) is 78.0 Å². The maximum atomic E-state index is 12.2. The van der Waals surface area contributed by atoms with E-state index in [2.05, 4.69) is 202 Å². The Bertz CT molecular complexity index is 2820. The molecule has 1 heterocycles. The van der Waals surface area contributed by atoms with Crippen LogP contribution in [0.3, 0.4) is 0 Å². The Morgan fingerprint density at radius 2 is 0.899 bits per heavy atom. The van der Waals surface area contributed by atoms with Crippen LogP contribution in [0.4, 0.5) is 0 Å². The molecule has 0 amide bonds. The van der Waals surface area contributed by atoms with Crippen molar-refractivity contribution in [3.8, 4) is 78.0 Å². The zero-order valence-electron chi connectivity index (χ0n) is 41.5. The number of allylic oxidation sites excluding steroid dienone is 2. The monoisotopic (exact) mass is 1090 g/mol. The summed E-state index contributed by atoms with van der Waals surface area (Å²) in [6.45, 7) is 16.6. The third kappa shape index (κ3) is 12.4. The summed E-state index contributed by atoms with van der Waals surface area (Å²) < 4.78 is 0. The fourth-order valence-electron chi connectivity index (χ4n) is 8.55. The smallest absolute Gasteiger partial charge is 0.164 e. The van der Waals surface area contributed by atoms with Gasteiger partial charge in [0.05, 0.1) is 0 Å². The number of benzene rings is 7. The molecule has 354 valence electrons. The number of carbonyl (C=O) groups excluding carboxylic acids is 1. The summed E-state index contributed by atoms with van der Waals surface area (Å²) in [6, 6.07) is 68.6. The van der Waals surface area contributed by atoms with Gasteiger partial charge in [0.1, 0.15) is 5.76 Å². The van der Waals surface area contributed by atoms with E-state index in [1.807, 2.05) is 47.7 Å². The van der Waals surface area contributed by atoms with E-state index in [0.29, 0.717) is 5.92 Å². The minimum absolute atomic E-state index is 0. The normalized spacial score (nSPS) is 11.6. The minimum Gasteiger partial charge on any atom is -0.512 e. The van der Waals surface area contributed by atoms with Crippen molar-refractivity contribution in [2.45, 2.75) is 87.0 Å². The van der Waals surface area contributed by atoms with Gasteiger partial charge in [0.25, 0.3) is 0 Å². The Morgan fingerprint density at radius 1 is 0.522 bits per heavy atom. The van der Waals surface area contributed by atoms with Crippen LogP contribution in [0, 0.1) is 16.9 Å². The molecule has 8 rings (SSSR count). The van der Waals surface area contributed by atoms with Crippen molar-refractivity contribution in [2.75, 3.05) is 0 Å². The summed E-state index contributed by atoms with van der Waals surface area (Å²) in [5.74, 6) is 0.616. The predicted octanol–water partition coefficient (Wildman–Crippen LogP) is 18.3. The number of aliphatic hydroxyl groups excluding tert-OH is 1. The van der Waals surface area contributed by atoms with Crippen molar-refractivity contribution in [3.05, 3.63) is 212 Å². The average molecular weight is 1090 g/mol. The van der Waals surface area contributed by atoms with Gasteiger partial charge >= 0.3 is 0 Å². The molecule has 0 bridgehead atoms. The second kappa shape index (κ2) is 23.7. The van der Waals surface area contributed by atoms with E-state index in [0.717, 1.165) is 48.1 Å². The Labute approximate surface area is 426 Å². The quantitative estimate of drug-likeness (QED) is 0.0632. The molecule has 69 heavy (non-hydrogen) atoms. The number of hydrogen-bond donors (Lipinski definition) is 1. The predicted molar refractivity (Wildman–Crippen MR) is 288 cm³/mol. The topological polar surface area (TPSA) is 50.2 Å². The van der Waals surface area contributed by atoms with Crippen LogP contribution in [-0.2, 0) is 25.9 Å². The van der Waals surface area contributed by atoms with Crippen LogP contribution >= 0.6 is 0 Å². The molecule has 3 nitrogen and oxygen atoms in total. The molecule has 8 aromatic rings. The summed E-state index contributed by atoms with van der Waals surface area (Å²) in [5.41, 5.74) is 16.7. The van der Waals surface area contributed by atoms with Gasteiger partial charge in [-0.05, 0) is 129 Å². The molecule has 0 saturated heterocycles. The summed E-state index contributed by atoms with van der Waals surface area (Å²) in [4.78, 5) is 17.2. The third-order valence-electron chi connectivity index (χ3n) is 14.2. The summed E-state index contributed by atoms with van der Waals surface area (Å²) >= 11 is 0. The Morgan fingerprint density at radius 3 is 1.25 bits per heavy atom. The molecular weight excluding hydrogens is 1020 g/mol. The van der Waals surface area contributed by atoms with Gasteiger partial charge in [-0.2, -0.15) is 0 Å². The number of rotatable bonds is 15. The average Bonchev–Trinajstić information content (AvgIpc) is 3.41. The molecule has 4 heteroatoms. The number of ketones is 1. The van der Waals surface area contributed by atoms with Gasteiger partial charge in [-0.25, -0.2) is 0 Å². The molecule has 1 aromatic heterocycles. The minimum atomic E-state index is -0.337. The number of hydrogen-bond acceptors (Lipinski definition) is 3. The molecule has 0 fully saturated rings. The molecule has 0 aliphatic carbocycles. The van der Waals surface area contributed by atoms with Crippen LogP contribution < -0.4 is 0 Å². The van der Waals surface area contributed by atoms with Gasteiger partial charge in [-0.1, -0.05) is 200 Å². The van der Waals surface area contributed by atoms with Gasteiger partial charge < -0.3 is 10.1 Å². The molecular formula is C65H66NO2Pt-. The van der Waals surface area contributed by atoms with Crippen molar-refractivity contribution < 1.29 is 31.0 Å². The van der Waals surface area contributed by atoms with E-state index < -0.39 is 0 Å². The van der Waals surface area contributed by atoms with E-state index in [1.54, 1.807) is 0 Å². The summed E-state index contributed by atoms with van der Waals surface area (Å²) in [7, 11) is 0. The molecule has 0 atom stereocenters. The van der Waals surface area contributed by atoms with Crippen molar-refractivity contribution in [1.82, 2.24) is 4.98 Å². The molecule has 7 aromatic carbocycles. The van der Waals surface area contributed by atoms with E-state index in [4.69, 9.17) is 4.98 Å². The van der Waals surface area contributed by atoms with Crippen LogP contribution in [0.1, 0.15) is 92.6 Å². The van der Waals surface area contributed by atoms with E-state index >= 15 is 0 Å². The fraction of sp³-hybridized carbons (Fsp3) is 0.231. The number of aliphatic hydroxyl groups is 1. The standard InChI is InChI=1S/C50H38N.C15H28O2.Pt/c1-35(2)48-25-23-40(33-49(48)47-31-44(38-19-11-5-12-20-38)28-45(32-47)39-21-13-6-14-22-39)50-26-24-41(34-51-50)46-29-42(36-15-7-3-8-16-36)27-43(30-46)37-17-9-4-10-18-37;1-7-14(5,8-2)12(16)11-13(17)15(6,9-3)10-4;/h3-22,24-35H,1-2H3;11,16H,7-10H2,1-6H3;/q-1;;/b;12-11-;. The fourth-order valence-corrected chi connectivity index (χ4v) is 8.55. The molecule has 1 N–H and O–H groups in total. The molecule has 0 spiro atoms. The van der Waals surface area contributed by atoms with E-state index in [1.165, 1.54) is 67.3 Å². The van der Waals surface area contributed by atoms with Crippen LogP contribution in [0.5, 0.6) is 0 Å². The van der Waals surface area contributed by atoms with Crippen LogP contribution in [0.2, 0.25) is 0 Å². The largest absolute Gasteiger partial charge is 0.512 e. The Kier molecular flexibility index (Phi) is 17.9. The first-order valence-electron chi connectivity index (χ1n) is 24.4. The Balaban J connectivity index is 0.000000373. The third-order valence-corrected chi connectivity index (χ3v) is 14.2. The van der Waals surface area contributed by atoms with E-state index in [-0.39, 0.29) is 43.4 Å². The number of aromatic nitrogens is 1. The first-order chi connectivity index (χ1) is 32.9. The van der Waals surface area contributed by atoms with Gasteiger partial charge in [0.15, 0.2) is 5.78 Å². The number of pyridine rings is 1. The molecule has 0 radical (unpaired) electrons. The van der Waals surface area contributed by atoms with Gasteiger partial charge in [-0.15, -0.1) is 29.3 Å². The summed E-state index contributed by atoms with van der Waals surface area (Å²) in [6.07, 6.45) is 6.76. The van der Waals surface area contributed by atoms with Crippen molar-refractivity contribution in [1.29, 1.82) is 0 Å². The van der Waals surface area contributed by atoms with Gasteiger partial charge in [0, 0.05) is 44.2 Å². The van der Waals surface area contributed by atoms with Crippen molar-refractivity contribution in [3.63, 3.8) is 0 Å². The first kappa shape index (κ1) is 52.0. The first-order valence-corrected chi connectivity index (χ1v) is 24.4. The molecule has 0 aliphatic heterocycles.